The van der Waals surface area contributed by atoms with Crippen molar-refractivity contribution in [2.75, 3.05) is 46.3 Å². The van der Waals surface area contributed by atoms with Crippen LogP contribution >= 0.6 is 0 Å². The molecular weight excluding hydrogens is 414 g/mol. The van der Waals surface area contributed by atoms with Gasteiger partial charge in [0.1, 0.15) is 11.2 Å². The van der Waals surface area contributed by atoms with Crippen molar-refractivity contribution >= 4 is 22.7 Å². The molecule has 1 aromatic carbocycles. The van der Waals surface area contributed by atoms with Gasteiger partial charge in [0.15, 0.2) is 0 Å². The highest BCUT2D eigenvalue weighted by Gasteiger charge is 2.48. The molecule has 2 aromatic rings. The van der Waals surface area contributed by atoms with Gasteiger partial charge in [0, 0.05) is 56.2 Å². The van der Waals surface area contributed by atoms with Crippen LogP contribution in [0.5, 0.6) is 0 Å². The number of amides is 2. The molecule has 3 aliphatic rings. The molecule has 178 valence electrons. The Bertz CT molecular complexity index is 1020. The Balaban J connectivity index is 1.43. The number of fused-ring (bicyclic) bond motifs is 3. The number of likely N-dealkylation sites (N-methyl/N-ethyl adjacent to an activating group) is 1. The third kappa shape index (κ3) is 4.28. The summed E-state index contributed by atoms with van der Waals surface area (Å²) in [6.45, 7) is 7.91. The summed E-state index contributed by atoms with van der Waals surface area (Å²) in [6, 6.07) is 10.3. The minimum absolute atomic E-state index is 0.00967. The Morgan fingerprint density at radius 2 is 1.79 bits per heavy atom. The van der Waals surface area contributed by atoms with Gasteiger partial charge in [0.05, 0.1) is 6.54 Å². The molecule has 1 aliphatic carbocycles. The minimum atomic E-state index is -0.907. The first-order valence-electron chi connectivity index (χ1n) is 12.6. The number of carbonyl (C=O) groups is 2. The van der Waals surface area contributed by atoms with Crippen LogP contribution in [0.3, 0.4) is 0 Å². The third-order valence-corrected chi connectivity index (χ3v) is 8.00. The van der Waals surface area contributed by atoms with Crippen LogP contribution in [-0.2, 0) is 11.3 Å². The molecule has 0 bridgehead atoms. The average Bonchev–Trinajstić information content (AvgIpc) is 3.19. The Hall–Kier alpha value is -2.38. The van der Waals surface area contributed by atoms with E-state index in [9.17, 15) is 9.59 Å². The van der Waals surface area contributed by atoms with E-state index in [2.05, 4.69) is 26.7 Å². The van der Waals surface area contributed by atoms with Gasteiger partial charge in [-0.3, -0.25) is 14.5 Å². The summed E-state index contributed by atoms with van der Waals surface area (Å²) in [5.41, 5.74) is 0.810. The van der Waals surface area contributed by atoms with Gasteiger partial charge in [-0.15, -0.1) is 0 Å². The molecule has 1 N–H and O–H groups in total. The standard InChI is InChI=1S/C26H37N5O2/c1-26(25(33)27-21-9-4-3-5-10-21)19-30-22-11-7-6-8-20(22)18-23(30)24(32)31(26)17-16-29-14-12-28(2)13-15-29/h6-8,11,18,21H,3-5,9-10,12-17,19H2,1-2H3,(H,27,33). The molecule has 2 aliphatic heterocycles. The van der Waals surface area contributed by atoms with Gasteiger partial charge < -0.3 is 19.7 Å². The van der Waals surface area contributed by atoms with Crippen molar-refractivity contribution in [3.63, 3.8) is 0 Å². The predicted octanol–water partition coefficient (Wildman–Crippen LogP) is 2.55. The molecule has 5 rings (SSSR count). The van der Waals surface area contributed by atoms with Crippen molar-refractivity contribution in [2.24, 2.45) is 0 Å². The third-order valence-electron chi connectivity index (χ3n) is 8.00. The van der Waals surface area contributed by atoms with Crippen molar-refractivity contribution in [3.05, 3.63) is 36.0 Å². The van der Waals surface area contributed by atoms with Crippen molar-refractivity contribution in [2.45, 2.75) is 57.2 Å². The van der Waals surface area contributed by atoms with E-state index in [1.807, 2.05) is 42.2 Å². The zero-order valence-corrected chi connectivity index (χ0v) is 20.1. The molecule has 0 spiro atoms. The molecule has 1 aromatic heterocycles. The first-order chi connectivity index (χ1) is 16.0. The second-order valence-corrected chi connectivity index (χ2v) is 10.4. The number of nitrogens with zero attached hydrogens (tertiary/aromatic N) is 4. The van der Waals surface area contributed by atoms with E-state index in [0.717, 1.165) is 56.5 Å². The molecule has 1 unspecified atom stereocenters. The molecule has 1 saturated heterocycles. The van der Waals surface area contributed by atoms with Crippen molar-refractivity contribution in [1.29, 1.82) is 0 Å². The van der Waals surface area contributed by atoms with E-state index >= 15 is 0 Å². The van der Waals surface area contributed by atoms with Crippen molar-refractivity contribution < 1.29 is 9.59 Å². The second kappa shape index (κ2) is 9.11. The monoisotopic (exact) mass is 451 g/mol. The zero-order chi connectivity index (χ0) is 23.0. The maximum Gasteiger partial charge on any atom is 0.271 e. The topological polar surface area (TPSA) is 60.8 Å². The summed E-state index contributed by atoms with van der Waals surface area (Å²) in [7, 11) is 2.15. The number of para-hydroxylation sites is 1. The number of hydrogen-bond donors (Lipinski definition) is 1. The molecule has 2 amide bonds. The van der Waals surface area contributed by atoms with Crippen LogP contribution in [-0.4, -0.2) is 89.0 Å². The lowest BCUT2D eigenvalue weighted by molar-refractivity contribution is -0.134. The van der Waals surface area contributed by atoms with E-state index in [-0.39, 0.29) is 17.9 Å². The van der Waals surface area contributed by atoms with Gasteiger partial charge in [-0.2, -0.15) is 0 Å². The van der Waals surface area contributed by atoms with Gasteiger partial charge in [-0.25, -0.2) is 0 Å². The molecule has 3 heterocycles. The number of aromatic nitrogens is 1. The smallest absolute Gasteiger partial charge is 0.271 e. The zero-order valence-electron chi connectivity index (χ0n) is 20.1. The first-order valence-corrected chi connectivity index (χ1v) is 12.6. The first kappa shape index (κ1) is 22.4. The lowest BCUT2D eigenvalue weighted by Gasteiger charge is -2.45. The Morgan fingerprint density at radius 3 is 2.55 bits per heavy atom. The summed E-state index contributed by atoms with van der Waals surface area (Å²) >= 11 is 0. The quantitative estimate of drug-likeness (QED) is 0.759. The van der Waals surface area contributed by atoms with Crippen LogP contribution in [0.15, 0.2) is 30.3 Å². The summed E-state index contributed by atoms with van der Waals surface area (Å²) in [5, 5.41) is 4.38. The van der Waals surface area contributed by atoms with Crippen LogP contribution in [0.25, 0.3) is 10.9 Å². The molecule has 1 saturated carbocycles. The fourth-order valence-electron chi connectivity index (χ4n) is 5.76. The fraction of sp³-hybridized carbons (Fsp3) is 0.615. The molecular formula is C26H37N5O2. The average molecular weight is 452 g/mol. The number of rotatable bonds is 5. The van der Waals surface area contributed by atoms with E-state index in [4.69, 9.17) is 0 Å². The summed E-state index contributed by atoms with van der Waals surface area (Å²) in [6.07, 6.45) is 5.65. The summed E-state index contributed by atoms with van der Waals surface area (Å²) < 4.78 is 2.06. The minimum Gasteiger partial charge on any atom is -0.351 e. The summed E-state index contributed by atoms with van der Waals surface area (Å²) in [4.78, 5) is 34.2. The maximum absolute atomic E-state index is 13.8. The highest BCUT2D eigenvalue weighted by Crippen LogP contribution is 2.33. The predicted molar refractivity (Wildman–Crippen MR) is 130 cm³/mol. The molecule has 2 fully saturated rings. The number of carbonyl (C=O) groups excluding carboxylic acids is 2. The SMILES string of the molecule is CN1CCN(CCN2C(=O)c3cc4ccccc4n3CC2(C)C(=O)NC2CCCCC2)CC1. The molecule has 7 nitrogen and oxygen atoms in total. The lowest BCUT2D eigenvalue weighted by Crippen LogP contribution is -2.66. The van der Waals surface area contributed by atoms with Crippen LogP contribution in [0.2, 0.25) is 0 Å². The maximum atomic E-state index is 13.8. The van der Waals surface area contributed by atoms with Crippen LogP contribution in [0.4, 0.5) is 0 Å². The Kier molecular flexibility index (Phi) is 6.18. The van der Waals surface area contributed by atoms with Gasteiger partial charge in [-0.1, -0.05) is 37.5 Å². The molecule has 1 atom stereocenters. The van der Waals surface area contributed by atoms with Gasteiger partial charge in [0.2, 0.25) is 5.91 Å². The normalized spacial score (nSPS) is 25.4. The second-order valence-electron chi connectivity index (χ2n) is 10.4. The fourth-order valence-corrected chi connectivity index (χ4v) is 5.76. The number of piperazine rings is 1. The van der Waals surface area contributed by atoms with Crippen LogP contribution in [0, 0.1) is 0 Å². The van der Waals surface area contributed by atoms with E-state index < -0.39 is 5.54 Å². The van der Waals surface area contributed by atoms with Gasteiger partial charge in [-0.05, 0) is 38.9 Å². The van der Waals surface area contributed by atoms with Gasteiger partial charge >= 0.3 is 0 Å². The van der Waals surface area contributed by atoms with E-state index in [1.165, 1.54) is 19.3 Å². The Labute approximate surface area is 196 Å². The number of nitrogens with one attached hydrogen (secondary N) is 1. The molecule has 33 heavy (non-hydrogen) atoms. The van der Waals surface area contributed by atoms with Gasteiger partial charge in [0.25, 0.3) is 5.91 Å². The van der Waals surface area contributed by atoms with Crippen molar-refractivity contribution in [1.82, 2.24) is 24.6 Å². The highest BCUT2D eigenvalue weighted by atomic mass is 16.2. The molecule has 7 heteroatoms. The number of benzene rings is 1. The lowest BCUT2D eigenvalue weighted by atomic mass is 9.91. The van der Waals surface area contributed by atoms with Crippen LogP contribution < -0.4 is 5.32 Å². The van der Waals surface area contributed by atoms with Crippen LogP contribution in [0.1, 0.15) is 49.5 Å². The highest BCUT2D eigenvalue weighted by molar-refractivity contribution is 6.03. The largest absolute Gasteiger partial charge is 0.351 e. The summed E-state index contributed by atoms with van der Waals surface area (Å²) in [5.74, 6) is -0.0440. The number of hydrogen-bond acceptors (Lipinski definition) is 4. The molecule has 0 radical (unpaired) electrons. The van der Waals surface area contributed by atoms with E-state index in [1.54, 1.807) is 0 Å². The Morgan fingerprint density at radius 1 is 1.06 bits per heavy atom. The van der Waals surface area contributed by atoms with E-state index in [0.29, 0.717) is 18.8 Å². The van der Waals surface area contributed by atoms with Crippen molar-refractivity contribution in [3.8, 4) is 0 Å².